The van der Waals surface area contributed by atoms with Crippen LogP contribution in [-0.2, 0) is 0 Å². The fourth-order valence-corrected chi connectivity index (χ4v) is 3.07. The Morgan fingerprint density at radius 1 is 1.18 bits per heavy atom. The number of thiophene rings is 1. The zero-order valence-corrected chi connectivity index (χ0v) is 12.1. The molecule has 0 radical (unpaired) electrons. The van der Waals surface area contributed by atoms with Crippen molar-refractivity contribution >= 4 is 33.0 Å². The molecule has 0 bridgehead atoms. The second kappa shape index (κ2) is 5.15. The van der Waals surface area contributed by atoms with E-state index in [1.54, 1.807) is 0 Å². The van der Waals surface area contributed by atoms with Gasteiger partial charge in [0.05, 0.1) is 0 Å². The van der Waals surface area contributed by atoms with Crippen molar-refractivity contribution in [1.29, 1.82) is 0 Å². The second-order valence-corrected chi connectivity index (χ2v) is 5.84. The van der Waals surface area contributed by atoms with E-state index in [1.165, 1.54) is 16.9 Å². The van der Waals surface area contributed by atoms with Gasteiger partial charge in [0.25, 0.3) is 0 Å². The number of halogens is 1. The maximum atomic E-state index is 12.2. The second-order valence-electron chi connectivity index (χ2n) is 4.24. The van der Waals surface area contributed by atoms with Crippen LogP contribution in [0.1, 0.15) is 41.3 Å². The third-order valence-electron chi connectivity index (χ3n) is 2.70. The molecule has 1 aromatic carbocycles. The largest absolute Gasteiger partial charge is 0.289 e. The average molecular weight is 309 g/mol. The van der Waals surface area contributed by atoms with Crippen molar-refractivity contribution in [3.05, 3.63) is 56.2 Å². The van der Waals surface area contributed by atoms with Crippen LogP contribution < -0.4 is 0 Å². The van der Waals surface area contributed by atoms with Crippen LogP contribution in [0.15, 0.2) is 39.5 Å². The molecule has 0 amide bonds. The molecule has 0 aliphatic carbocycles. The first-order valence-electron chi connectivity index (χ1n) is 5.46. The Balaban J connectivity index is 2.29. The van der Waals surface area contributed by atoms with Gasteiger partial charge in [-0.25, -0.2) is 0 Å². The molecule has 0 unspecified atom stereocenters. The van der Waals surface area contributed by atoms with Crippen LogP contribution in [0.2, 0.25) is 0 Å². The number of rotatable bonds is 3. The molecule has 1 nitrogen and oxygen atoms in total. The molecule has 0 aliphatic heterocycles. The Morgan fingerprint density at radius 2 is 1.82 bits per heavy atom. The Kier molecular flexibility index (Phi) is 3.79. The number of benzene rings is 1. The van der Waals surface area contributed by atoms with Gasteiger partial charge in [-0.1, -0.05) is 38.1 Å². The van der Waals surface area contributed by atoms with Crippen LogP contribution in [-0.4, -0.2) is 5.78 Å². The lowest BCUT2D eigenvalue weighted by Crippen LogP contribution is -2.00. The van der Waals surface area contributed by atoms with E-state index in [9.17, 15) is 4.79 Å². The zero-order chi connectivity index (χ0) is 12.4. The van der Waals surface area contributed by atoms with Crippen molar-refractivity contribution in [1.82, 2.24) is 0 Å². The monoisotopic (exact) mass is 308 g/mol. The topological polar surface area (TPSA) is 17.1 Å². The van der Waals surface area contributed by atoms with Crippen LogP contribution in [0.4, 0.5) is 0 Å². The number of carbonyl (C=O) groups is 1. The van der Waals surface area contributed by atoms with Crippen LogP contribution >= 0.6 is 27.3 Å². The summed E-state index contributed by atoms with van der Waals surface area (Å²) in [6.07, 6.45) is 0. The summed E-state index contributed by atoms with van der Waals surface area (Å²) < 4.78 is 0.875. The minimum Gasteiger partial charge on any atom is -0.289 e. The summed E-state index contributed by atoms with van der Waals surface area (Å²) in [7, 11) is 0. The minimum atomic E-state index is 0.0773. The van der Waals surface area contributed by atoms with E-state index in [1.807, 2.05) is 35.0 Å². The molecular weight excluding hydrogens is 296 g/mol. The Bertz CT molecular complexity index is 525. The molecule has 17 heavy (non-hydrogen) atoms. The lowest BCUT2D eigenvalue weighted by atomic mass is 9.99. The summed E-state index contributed by atoms with van der Waals surface area (Å²) in [5.41, 5.74) is 2.74. The highest BCUT2D eigenvalue weighted by Gasteiger charge is 2.13. The van der Waals surface area contributed by atoms with Crippen molar-refractivity contribution in [2.75, 3.05) is 0 Å². The fourth-order valence-electron chi connectivity index (χ4n) is 1.62. The molecule has 0 fully saturated rings. The first-order chi connectivity index (χ1) is 8.09. The maximum Gasteiger partial charge on any atom is 0.194 e. The summed E-state index contributed by atoms with van der Waals surface area (Å²) in [5.74, 6) is 0.570. The van der Waals surface area contributed by atoms with Crippen molar-refractivity contribution < 1.29 is 4.79 Å². The van der Waals surface area contributed by atoms with Crippen LogP contribution in [0.3, 0.4) is 0 Å². The molecule has 0 spiro atoms. The first kappa shape index (κ1) is 12.5. The van der Waals surface area contributed by atoms with Crippen molar-refractivity contribution in [2.45, 2.75) is 19.8 Å². The van der Waals surface area contributed by atoms with E-state index >= 15 is 0 Å². The highest BCUT2D eigenvalue weighted by atomic mass is 79.9. The van der Waals surface area contributed by atoms with E-state index in [2.05, 4.69) is 29.8 Å². The minimum absolute atomic E-state index is 0.0773. The third kappa shape index (κ3) is 2.67. The molecule has 1 heterocycles. The summed E-state index contributed by atoms with van der Waals surface area (Å²) in [4.78, 5) is 12.2. The Morgan fingerprint density at radius 3 is 2.29 bits per heavy atom. The van der Waals surface area contributed by atoms with E-state index in [4.69, 9.17) is 0 Å². The predicted octanol–water partition coefficient (Wildman–Crippen LogP) is 4.87. The zero-order valence-electron chi connectivity index (χ0n) is 9.74. The Labute approximate surface area is 114 Å². The number of hydrogen-bond donors (Lipinski definition) is 0. The van der Waals surface area contributed by atoms with Gasteiger partial charge in [0.15, 0.2) is 5.78 Å². The smallest absolute Gasteiger partial charge is 0.194 e. The van der Waals surface area contributed by atoms with Gasteiger partial charge in [-0.2, -0.15) is 11.3 Å². The summed E-state index contributed by atoms with van der Waals surface area (Å²) in [6.45, 7) is 4.29. The van der Waals surface area contributed by atoms with Gasteiger partial charge in [0, 0.05) is 26.4 Å². The molecule has 2 rings (SSSR count). The SMILES string of the molecule is CC(C)c1ccc(C(=O)c2cscc2Br)cc1. The van der Waals surface area contributed by atoms with E-state index < -0.39 is 0 Å². The lowest BCUT2D eigenvalue weighted by molar-refractivity contribution is 0.103. The fraction of sp³-hybridized carbons (Fsp3) is 0.214. The van der Waals surface area contributed by atoms with Gasteiger partial charge in [0.2, 0.25) is 0 Å². The van der Waals surface area contributed by atoms with Gasteiger partial charge in [0.1, 0.15) is 0 Å². The average Bonchev–Trinajstić information content (AvgIpc) is 2.74. The summed E-state index contributed by atoms with van der Waals surface area (Å²) >= 11 is 4.92. The summed E-state index contributed by atoms with van der Waals surface area (Å²) in [6, 6.07) is 7.86. The molecule has 0 saturated heterocycles. The van der Waals surface area contributed by atoms with Gasteiger partial charge >= 0.3 is 0 Å². The Hall–Kier alpha value is -0.930. The number of carbonyl (C=O) groups excluding carboxylic acids is 1. The van der Waals surface area contributed by atoms with Gasteiger partial charge < -0.3 is 0 Å². The molecule has 0 saturated carbocycles. The van der Waals surface area contributed by atoms with Crippen LogP contribution in [0.5, 0.6) is 0 Å². The molecule has 1 aromatic heterocycles. The van der Waals surface area contributed by atoms with Crippen LogP contribution in [0.25, 0.3) is 0 Å². The highest BCUT2D eigenvalue weighted by molar-refractivity contribution is 9.10. The molecule has 3 heteroatoms. The quantitative estimate of drug-likeness (QED) is 0.740. The maximum absolute atomic E-state index is 12.2. The van der Waals surface area contributed by atoms with E-state index in [0.29, 0.717) is 5.92 Å². The number of hydrogen-bond acceptors (Lipinski definition) is 2. The molecule has 0 aliphatic rings. The van der Waals surface area contributed by atoms with Crippen molar-refractivity contribution in [2.24, 2.45) is 0 Å². The normalized spacial score (nSPS) is 10.8. The summed E-state index contributed by atoms with van der Waals surface area (Å²) in [5, 5.41) is 3.80. The van der Waals surface area contributed by atoms with Crippen molar-refractivity contribution in [3.63, 3.8) is 0 Å². The molecule has 0 atom stereocenters. The molecular formula is C14H13BrOS. The van der Waals surface area contributed by atoms with E-state index in [0.717, 1.165) is 15.6 Å². The lowest BCUT2D eigenvalue weighted by Gasteiger charge is -2.06. The highest BCUT2D eigenvalue weighted by Crippen LogP contribution is 2.24. The molecule has 88 valence electrons. The molecule has 2 aromatic rings. The third-order valence-corrected chi connectivity index (χ3v) is 4.40. The number of ketones is 1. The van der Waals surface area contributed by atoms with Crippen molar-refractivity contribution in [3.8, 4) is 0 Å². The predicted molar refractivity (Wildman–Crippen MR) is 76.0 cm³/mol. The van der Waals surface area contributed by atoms with E-state index in [-0.39, 0.29) is 5.78 Å². The van der Waals surface area contributed by atoms with Gasteiger partial charge in [-0.15, -0.1) is 0 Å². The van der Waals surface area contributed by atoms with Crippen LogP contribution in [0, 0.1) is 0 Å². The first-order valence-corrected chi connectivity index (χ1v) is 7.19. The van der Waals surface area contributed by atoms with Gasteiger partial charge in [-0.05, 0) is 27.4 Å². The molecule has 0 N–H and O–H groups in total. The van der Waals surface area contributed by atoms with Gasteiger partial charge in [-0.3, -0.25) is 4.79 Å². The standard InChI is InChI=1S/C14H13BrOS/c1-9(2)10-3-5-11(6-4-10)14(16)12-7-17-8-13(12)15/h3-9H,1-2H3.